The molecule has 0 aromatic carbocycles. The molecule has 1 rings (SSSR count). The van der Waals surface area contributed by atoms with E-state index in [1.54, 1.807) is 0 Å². The van der Waals surface area contributed by atoms with Gasteiger partial charge in [-0.25, -0.2) is 0 Å². The maximum atomic E-state index is 10.7. The molecule has 1 saturated carbocycles. The number of rotatable bonds is 13. The van der Waals surface area contributed by atoms with E-state index in [1.165, 1.54) is 0 Å². The van der Waals surface area contributed by atoms with Crippen LogP contribution in [0.25, 0.3) is 0 Å². The number of carboxylic acid groups (broad SMARTS) is 1. The average Bonchev–Trinajstić information content (AvgIpc) is 2.99. The van der Waals surface area contributed by atoms with E-state index in [0.29, 0.717) is 24.9 Å². The van der Waals surface area contributed by atoms with Gasteiger partial charge in [0.2, 0.25) is 0 Å². The maximum absolute atomic E-state index is 10.7. The predicted octanol–water partition coefficient (Wildman–Crippen LogP) is 5.89. The Morgan fingerprint density at radius 2 is 2.07 bits per heavy atom. The van der Waals surface area contributed by atoms with Crippen molar-refractivity contribution in [3.63, 3.8) is 0 Å². The summed E-state index contributed by atoms with van der Waals surface area (Å²) in [5, 5.41) is 8.79. The van der Waals surface area contributed by atoms with Gasteiger partial charge in [0, 0.05) is 6.42 Å². The summed E-state index contributed by atoms with van der Waals surface area (Å²) in [7, 11) is 0. The Hall–Kier alpha value is -1.55. The van der Waals surface area contributed by atoms with Gasteiger partial charge in [-0.15, -0.1) is 0 Å². The minimum atomic E-state index is -0.722. The lowest BCUT2D eigenvalue weighted by Gasteiger charge is -2.25. The zero-order valence-corrected chi connectivity index (χ0v) is 17.5. The SMILES string of the molecule is C/C=C\C(=C/C)OCC/C=C/C1CCC(OC(CC)CCCC(=O)O)C1C. The van der Waals surface area contributed by atoms with Crippen LogP contribution in [-0.2, 0) is 14.3 Å². The third-order valence-electron chi connectivity index (χ3n) is 5.34. The van der Waals surface area contributed by atoms with Crippen LogP contribution in [0.2, 0.25) is 0 Å². The Bertz CT molecular complexity index is 507. The van der Waals surface area contributed by atoms with Crippen molar-refractivity contribution in [3.05, 3.63) is 36.1 Å². The molecule has 4 unspecified atom stereocenters. The van der Waals surface area contributed by atoms with Crippen molar-refractivity contribution in [2.24, 2.45) is 11.8 Å². The molecule has 0 saturated heterocycles. The molecule has 4 nitrogen and oxygen atoms in total. The summed E-state index contributed by atoms with van der Waals surface area (Å²) in [6, 6.07) is 0. The van der Waals surface area contributed by atoms with Gasteiger partial charge in [-0.05, 0) is 76.4 Å². The highest BCUT2D eigenvalue weighted by molar-refractivity contribution is 5.66. The second-order valence-corrected chi connectivity index (χ2v) is 7.35. The summed E-state index contributed by atoms with van der Waals surface area (Å²) in [6.07, 6.45) is 16.8. The molecule has 4 heteroatoms. The van der Waals surface area contributed by atoms with E-state index in [4.69, 9.17) is 14.6 Å². The Kier molecular flexibility index (Phi) is 11.8. The molecule has 0 aliphatic heterocycles. The highest BCUT2D eigenvalue weighted by atomic mass is 16.5. The van der Waals surface area contributed by atoms with Gasteiger partial charge in [-0.1, -0.05) is 32.1 Å². The minimum Gasteiger partial charge on any atom is -0.494 e. The first-order valence-electron chi connectivity index (χ1n) is 10.5. The van der Waals surface area contributed by atoms with Crippen molar-refractivity contribution >= 4 is 5.97 Å². The van der Waals surface area contributed by atoms with E-state index in [-0.39, 0.29) is 18.6 Å². The summed E-state index contributed by atoms with van der Waals surface area (Å²) in [5.74, 6) is 1.26. The Morgan fingerprint density at radius 1 is 1.30 bits per heavy atom. The van der Waals surface area contributed by atoms with Crippen molar-refractivity contribution in [3.8, 4) is 0 Å². The third-order valence-corrected chi connectivity index (χ3v) is 5.34. The lowest BCUT2D eigenvalue weighted by Crippen LogP contribution is -2.25. The molecule has 0 bridgehead atoms. The van der Waals surface area contributed by atoms with Gasteiger partial charge in [0.25, 0.3) is 0 Å². The fraction of sp³-hybridized carbons (Fsp3) is 0.696. The van der Waals surface area contributed by atoms with Crippen molar-refractivity contribution in [1.29, 1.82) is 0 Å². The van der Waals surface area contributed by atoms with Crippen molar-refractivity contribution in [1.82, 2.24) is 0 Å². The molecule has 0 spiro atoms. The first-order chi connectivity index (χ1) is 13.0. The van der Waals surface area contributed by atoms with Gasteiger partial charge >= 0.3 is 5.97 Å². The average molecular weight is 379 g/mol. The van der Waals surface area contributed by atoms with Crippen molar-refractivity contribution in [2.45, 2.75) is 84.8 Å². The van der Waals surface area contributed by atoms with Crippen LogP contribution in [0.4, 0.5) is 0 Å². The zero-order chi connectivity index (χ0) is 20.1. The Labute approximate surface area is 165 Å². The molecule has 0 radical (unpaired) electrons. The molecule has 154 valence electrons. The van der Waals surface area contributed by atoms with E-state index < -0.39 is 5.97 Å². The smallest absolute Gasteiger partial charge is 0.303 e. The highest BCUT2D eigenvalue weighted by Crippen LogP contribution is 2.36. The molecule has 0 aromatic rings. The lowest BCUT2D eigenvalue weighted by atomic mass is 9.96. The van der Waals surface area contributed by atoms with Gasteiger partial charge in [0.05, 0.1) is 18.8 Å². The normalized spacial score (nSPS) is 24.7. The monoisotopic (exact) mass is 378 g/mol. The van der Waals surface area contributed by atoms with Gasteiger partial charge < -0.3 is 14.6 Å². The van der Waals surface area contributed by atoms with E-state index in [0.717, 1.165) is 37.9 Å². The first kappa shape index (κ1) is 23.5. The largest absolute Gasteiger partial charge is 0.494 e. The molecule has 1 N–H and O–H groups in total. The van der Waals surface area contributed by atoms with Crippen LogP contribution in [0, 0.1) is 11.8 Å². The number of hydrogen-bond acceptors (Lipinski definition) is 3. The molecule has 0 aromatic heterocycles. The van der Waals surface area contributed by atoms with Gasteiger partial charge in [0.15, 0.2) is 0 Å². The van der Waals surface area contributed by atoms with Crippen LogP contribution < -0.4 is 0 Å². The summed E-state index contributed by atoms with van der Waals surface area (Å²) in [5.41, 5.74) is 0. The second-order valence-electron chi connectivity index (χ2n) is 7.35. The van der Waals surface area contributed by atoms with Gasteiger partial charge in [0.1, 0.15) is 5.76 Å². The van der Waals surface area contributed by atoms with E-state index in [9.17, 15) is 4.79 Å². The fourth-order valence-electron chi connectivity index (χ4n) is 3.63. The Balaban J connectivity index is 2.34. The van der Waals surface area contributed by atoms with E-state index in [1.807, 2.05) is 32.1 Å². The lowest BCUT2D eigenvalue weighted by molar-refractivity contribution is -0.137. The topological polar surface area (TPSA) is 55.8 Å². The number of carbonyl (C=O) groups is 1. The standard InChI is InChI=1S/C23H38O4/c1-5-11-20(6-2)26-17-9-8-12-19-15-16-22(18(19)4)27-21(7-3)13-10-14-23(24)25/h5-6,8,11-12,18-19,21-22H,7,9-10,13-17H2,1-4H3,(H,24,25)/b11-5-,12-8+,20-6+. The van der Waals surface area contributed by atoms with E-state index in [2.05, 4.69) is 26.0 Å². The zero-order valence-electron chi connectivity index (χ0n) is 17.5. The molecule has 1 aliphatic carbocycles. The second kappa shape index (κ2) is 13.6. The number of ether oxygens (including phenoxy) is 2. The third kappa shape index (κ3) is 9.28. The fourth-order valence-corrected chi connectivity index (χ4v) is 3.63. The summed E-state index contributed by atoms with van der Waals surface area (Å²) < 4.78 is 12.0. The number of allylic oxidation sites excluding steroid dienone is 4. The predicted molar refractivity (Wildman–Crippen MR) is 111 cm³/mol. The molecule has 1 fully saturated rings. The van der Waals surface area contributed by atoms with Crippen LogP contribution in [0.1, 0.15) is 72.6 Å². The molecular formula is C23H38O4. The van der Waals surface area contributed by atoms with Crippen LogP contribution in [0.5, 0.6) is 0 Å². The number of carboxylic acids is 1. The number of aliphatic carboxylic acids is 1. The van der Waals surface area contributed by atoms with Crippen LogP contribution in [-0.4, -0.2) is 29.9 Å². The molecule has 1 aliphatic rings. The molecule has 0 heterocycles. The molecule has 4 atom stereocenters. The molecular weight excluding hydrogens is 340 g/mol. The number of hydrogen-bond donors (Lipinski definition) is 1. The maximum Gasteiger partial charge on any atom is 0.303 e. The van der Waals surface area contributed by atoms with Crippen LogP contribution in [0.3, 0.4) is 0 Å². The Morgan fingerprint density at radius 3 is 2.70 bits per heavy atom. The highest BCUT2D eigenvalue weighted by Gasteiger charge is 2.33. The van der Waals surface area contributed by atoms with Gasteiger partial charge in [-0.3, -0.25) is 4.79 Å². The van der Waals surface area contributed by atoms with Gasteiger partial charge in [-0.2, -0.15) is 0 Å². The summed E-state index contributed by atoms with van der Waals surface area (Å²) in [6.45, 7) is 9.06. The molecule has 0 amide bonds. The van der Waals surface area contributed by atoms with Crippen molar-refractivity contribution in [2.75, 3.05) is 6.61 Å². The van der Waals surface area contributed by atoms with Crippen molar-refractivity contribution < 1.29 is 19.4 Å². The van der Waals surface area contributed by atoms with Crippen LogP contribution >= 0.6 is 0 Å². The quantitative estimate of drug-likeness (QED) is 0.188. The van der Waals surface area contributed by atoms with Crippen LogP contribution in [0.15, 0.2) is 36.1 Å². The minimum absolute atomic E-state index is 0.179. The van der Waals surface area contributed by atoms with E-state index >= 15 is 0 Å². The summed E-state index contributed by atoms with van der Waals surface area (Å²) >= 11 is 0. The molecule has 27 heavy (non-hydrogen) atoms. The first-order valence-corrected chi connectivity index (χ1v) is 10.5. The summed E-state index contributed by atoms with van der Waals surface area (Å²) in [4.78, 5) is 10.7.